The third kappa shape index (κ3) is 4.22. The molecule has 3 amide bonds. The zero-order valence-electron chi connectivity index (χ0n) is 15.2. The summed E-state index contributed by atoms with van der Waals surface area (Å²) in [5.74, 6) is 1.35. The number of carbonyl (C=O) groups excluding carboxylic acids is 2. The van der Waals surface area contributed by atoms with E-state index in [1.165, 1.54) is 31.0 Å². The van der Waals surface area contributed by atoms with E-state index in [9.17, 15) is 9.59 Å². The molecule has 0 radical (unpaired) electrons. The van der Waals surface area contributed by atoms with Crippen molar-refractivity contribution in [2.24, 2.45) is 0 Å². The molecule has 1 heterocycles. The van der Waals surface area contributed by atoms with Gasteiger partial charge in [0, 0.05) is 18.0 Å². The second-order valence-corrected chi connectivity index (χ2v) is 9.08. The predicted octanol–water partition coefficient (Wildman–Crippen LogP) is 3.13. The van der Waals surface area contributed by atoms with Crippen molar-refractivity contribution in [3.63, 3.8) is 0 Å². The maximum atomic E-state index is 12.4. The molecule has 2 N–H and O–H groups in total. The van der Waals surface area contributed by atoms with Gasteiger partial charge >= 0.3 is 6.03 Å². The standard InChI is InChI=1S/C18H27N5O2S/c1-11(16(24)20-17(25)19-13-5-3-2-4-6-13)26-18-22-21-15(12-7-8-12)23(18)14-9-10-14/h11-14H,2-10H2,1H3,(H2,19,20,24,25). The monoisotopic (exact) mass is 377 g/mol. The number of nitrogens with zero attached hydrogens (tertiary/aromatic N) is 3. The van der Waals surface area contributed by atoms with E-state index in [-0.39, 0.29) is 23.2 Å². The lowest BCUT2D eigenvalue weighted by atomic mass is 9.96. The van der Waals surface area contributed by atoms with Crippen LogP contribution in [-0.4, -0.2) is 38.0 Å². The number of hydrogen-bond acceptors (Lipinski definition) is 5. The predicted molar refractivity (Wildman–Crippen MR) is 99.1 cm³/mol. The molecule has 4 rings (SSSR count). The summed E-state index contributed by atoms with van der Waals surface area (Å²) in [5, 5.41) is 14.5. The summed E-state index contributed by atoms with van der Waals surface area (Å²) < 4.78 is 2.23. The largest absolute Gasteiger partial charge is 0.335 e. The Kier molecular flexibility index (Phi) is 5.20. The Morgan fingerprint density at radius 2 is 1.81 bits per heavy atom. The summed E-state index contributed by atoms with van der Waals surface area (Å²) in [5.41, 5.74) is 0. The highest BCUT2D eigenvalue weighted by molar-refractivity contribution is 8.00. The van der Waals surface area contributed by atoms with Crippen molar-refractivity contribution >= 4 is 23.7 Å². The van der Waals surface area contributed by atoms with Crippen molar-refractivity contribution in [2.75, 3.05) is 0 Å². The Morgan fingerprint density at radius 3 is 2.46 bits per heavy atom. The molecule has 3 aliphatic rings. The van der Waals surface area contributed by atoms with Crippen LogP contribution in [0.1, 0.15) is 82.5 Å². The lowest BCUT2D eigenvalue weighted by molar-refractivity contribution is -0.119. The lowest BCUT2D eigenvalue weighted by Crippen LogP contribution is -2.47. The molecule has 1 atom stereocenters. The van der Waals surface area contributed by atoms with Crippen molar-refractivity contribution in [1.82, 2.24) is 25.4 Å². The quantitative estimate of drug-likeness (QED) is 0.744. The molecule has 3 saturated carbocycles. The van der Waals surface area contributed by atoms with Gasteiger partial charge in [-0.05, 0) is 45.4 Å². The zero-order valence-corrected chi connectivity index (χ0v) is 16.1. The summed E-state index contributed by atoms with van der Waals surface area (Å²) in [4.78, 5) is 24.5. The fraction of sp³-hybridized carbons (Fsp3) is 0.778. The van der Waals surface area contributed by atoms with E-state index in [2.05, 4.69) is 25.4 Å². The minimum Gasteiger partial charge on any atom is -0.335 e. The number of thioether (sulfide) groups is 1. The first-order valence-electron chi connectivity index (χ1n) is 9.84. The molecule has 7 nitrogen and oxygen atoms in total. The van der Waals surface area contributed by atoms with Crippen LogP contribution in [0.3, 0.4) is 0 Å². The normalized spacial score (nSPS) is 22.0. The van der Waals surface area contributed by atoms with Gasteiger partial charge in [-0.1, -0.05) is 31.0 Å². The molecule has 0 aromatic carbocycles. The number of amides is 3. The van der Waals surface area contributed by atoms with Gasteiger partial charge in [-0.2, -0.15) is 0 Å². The van der Waals surface area contributed by atoms with Gasteiger partial charge in [-0.15, -0.1) is 10.2 Å². The summed E-state index contributed by atoms with van der Waals surface area (Å²) >= 11 is 1.40. The molecule has 3 fully saturated rings. The average molecular weight is 378 g/mol. The highest BCUT2D eigenvalue weighted by Gasteiger charge is 2.37. The van der Waals surface area contributed by atoms with E-state index in [0.29, 0.717) is 12.0 Å². The van der Waals surface area contributed by atoms with Crippen LogP contribution in [0.15, 0.2) is 5.16 Å². The highest BCUT2D eigenvalue weighted by Crippen LogP contribution is 2.46. The Morgan fingerprint density at radius 1 is 1.08 bits per heavy atom. The Bertz CT molecular complexity index is 677. The van der Waals surface area contributed by atoms with Crippen LogP contribution in [0.25, 0.3) is 0 Å². The summed E-state index contributed by atoms with van der Waals surface area (Å²) in [6.45, 7) is 1.82. The van der Waals surface area contributed by atoms with Crippen LogP contribution < -0.4 is 10.6 Å². The Labute approximate surface area is 158 Å². The molecule has 1 aromatic heterocycles. The van der Waals surface area contributed by atoms with Crippen molar-refractivity contribution in [3.8, 4) is 0 Å². The van der Waals surface area contributed by atoms with Crippen molar-refractivity contribution < 1.29 is 9.59 Å². The second-order valence-electron chi connectivity index (χ2n) is 7.77. The topological polar surface area (TPSA) is 88.9 Å². The third-order valence-electron chi connectivity index (χ3n) is 5.37. The molecule has 1 aromatic rings. The SMILES string of the molecule is CC(Sc1nnc(C2CC2)n1C1CC1)C(=O)NC(=O)NC1CCCCC1. The molecule has 3 aliphatic carbocycles. The van der Waals surface area contributed by atoms with Crippen LogP contribution in [-0.2, 0) is 4.79 Å². The number of imide groups is 1. The van der Waals surface area contributed by atoms with E-state index in [4.69, 9.17) is 0 Å². The molecule has 142 valence electrons. The summed E-state index contributed by atoms with van der Waals surface area (Å²) in [7, 11) is 0. The van der Waals surface area contributed by atoms with E-state index >= 15 is 0 Å². The molecule has 0 spiro atoms. The molecule has 0 aliphatic heterocycles. The van der Waals surface area contributed by atoms with Crippen LogP contribution >= 0.6 is 11.8 Å². The van der Waals surface area contributed by atoms with Gasteiger partial charge in [0.2, 0.25) is 5.91 Å². The molecule has 0 bridgehead atoms. The van der Waals surface area contributed by atoms with Gasteiger partial charge in [0.1, 0.15) is 5.82 Å². The molecule has 0 saturated heterocycles. The number of rotatable bonds is 6. The van der Waals surface area contributed by atoms with Gasteiger partial charge < -0.3 is 9.88 Å². The maximum Gasteiger partial charge on any atom is 0.321 e. The molecular weight excluding hydrogens is 350 g/mol. The molecule has 8 heteroatoms. The van der Waals surface area contributed by atoms with Crippen molar-refractivity contribution in [2.45, 2.75) is 93.1 Å². The van der Waals surface area contributed by atoms with Gasteiger partial charge in [-0.3, -0.25) is 10.1 Å². The number of hydrogen-bond donors (Lipinski definition) is 2. The van der Waals surface area contributed by atoms with Crippen LogP contribution in [0.5, 0.6) is 0 Å². The molecule has 26 heavy (non-hydrogen) atoms. The first-order valence-corrected chi connectivity index (χ1v) is 10.7. The van der Waals surface area contributed by atoms with Crippen LogP contribution in [0, 0.1) is 0 Å². The second kappa shape index (κ2) is 7.58. The van der Waals surface area contributed by atoms with Crippen LogP contribution in [0.4, 0.5) is 4.79 Å². The van der Waals surface area contributed by atoms with Gasteiger partial charge in [0.05, 0.1) is 5.25 Å². The summed E-state index contributed by atoms with van der Waals surface area (Å²) in [6.07, 6.45) is 10.2. The van der Waals surface area contributed by atoms with E-state index in [0.717, 1.165) is 49.5 Å². The van der Waals surface area contributed by atoms with Gasteiger partial charge in [0.25, 0.3) is 0 Å². The number of urea groups is 1. The minimum atomic E-state index is -0.388. The zero-order chi connectivity index (χ0) is 18.1. The van der Waals surface area contributed by atoms with E-state index in [1.807, 2.05) is 6.92 Å². The van der Waals surface area contributed by atoms with Crippen molar-refractivity contribution in [1.29, 1.82) is 0 Å². The van der Waals surface area contributed by atoms with E-state index < -0.39 is 0 Å². The molecular formula is C18H27N5O2S. The Balaban J connectivity index is 1.32. The first-order chi connectivity index (χ1) is 12.6. The Hall–Kier alpha value is -1.57. The smallest absolute Gasteiger partial charge is 0.321 e. The molecule has 1 unspecified atom stereocenters. The summed E-state index contributed by atoms with van der Waals surface area (Å²) in [6, 6.07) is 0.309. The number of nitrogens with one attached hydrogen (secondary N) is 2. The van der Waals surface area contributed by atoms with Gasteiger partial charge in [0.15, 0.2) is 5.16 Å². The lowest BCUT2D eigenvalue weighted by Gasteiger charge is -2.23. The maximum absolute atomic E-state index is 12.4. The first kappa shape index (κ1) is 17.8. The van der Waals surface area contributed by atoms with Crippen LogP contribution in [0.2, 0.25) is 0 Å². The fourth-order valence-corrected chi connectivity index (χ4v) is 4.48. The number of aromatic nitrogens is 3. The average Bonchev–Trinajstić information content (AvgIpc) is 3.55. The minimum absolute atomic E-state index is 0.193. The number of carbonyl (C=O) groups is 2. The van der Waals surface area contributed by atoms with E-state index in [1.54, 1.807) is 0 Å². The van der Waals surface area contributed by atoms with Crippen molar-refractivity contribution in [3.05, 3.63) is 5.82 Å². The highest BCUT2D eigenvalue weighted by atomic mass is 32.2. The third-order valence-corrected chi connectivity index (χ3v) is 6.43. The van der Waals surface area contributed by atoms with Gasteiger partial charge in [-0.25, -0.2) is 4.79 Å². The fourth-order valence-electron chi connectivity index (χ4n) is 3.56.